The fourth-order valence-electron chi connectivity index (χ4n) is 6.48. The van der Waals surface area contributed by atoms with Crippen molar-refractivity contribution >= 4 is 52.0 Å². The van der Waals surface area contributed by atoms with Crippen LogP contribution in [0.25, 0.3) is 21.6 Å². The summed E-state index contributed by atoms with van der Waals surface area (Å²) in [6, 6.07) is 6.39. The minimum absolute atomic E-state index is 0.0577. The average Bonchev–Trinajstić information content (AvgIpc) is 4.06. The summed E-state index contributed by atoms with van der Waals surface area (Å²) in [5.74, 6) is 4.19. The van der Waals surface area contributed by atoms with Gasteiger partial charge in [0.25, 0.3) is 0 Å². The van der Waals surface area contributed by atoms with E-state index in [-0.39, 0.29) is 28.7 Å². The summed E-state index contributed by atoms with van der Waals surface area (Å²) in [5.41, 5.74) is 4.55. The number of thiazole rings is 1. The number of aromatic nitrogens is 2. The second-order valence-electron chi connectivity index (χ2n) is 14.7. The fraction of sp³-hybridized carbons (Fsp3) is 0.548. The summed E-state index contributed by atoms with van der Waals surface area (Å²) in [5, 5.41) is 6.94. The molecule has 3 saturated carbocycles. The first-order valence-corrected chi connectivity index (χ1v) is 21.2. The summed E-state index contributed by atoms with van der Waals surface area (Å²) in [7, 11) is 0.662. The van der Waals surface area contributed by atoms with Crippen molar-refractivity contribution < 1.29 is 23.3 Å². The number of benzene rings is 1. The lowest BCUT2D eigenvalue weighted by Crippen LogP contribution is -2.41. The molecule has 54 heavy (non-hydrogen) atoms. The molecule has 3 aromatic rings. The number of carbonyl (C=O) groups is 3. The minimum atomic E-state index is -1.14. The van der Waals surface area contributed by atoms with Gasteiger partial charge in [-0.2, -0.15) is 0 Å². The topological polar surface area (TPSA) is 131 Å². The largest absolute Gasteiger partial charge is 0.490 e. The number of rotatable bonds is 15. The molecule has 1 aromatic carbocycles. The number of allylic oxidation sites excluding steroid dienone is 1. The monoisotopic (exact) mass is 775 g/mol. The normalized spacial score (nSPS) is 22.7. The molecule has 0 spiro atoms. The lowest BCUT2D eigenvalue weighted by molar-refractivity contribution is -0.129. The van der Waals surface area contributed by atoms with Gasteiger partial charge in [0, 0.05) is 42.4 Å². The van der Waals surface area contributed by atoms with Gasteiger partial charge in [0.15, 0.2) is 0 Å². The van der Waals surface area contributed by atoms with E-state index in [1.165, 1.54) is 16.9 Å². The Morgan fingerprint density at radius 1 is 1.17 bits per heavy atom. The van der Waals surface area contributed by atoms with Gasteiger partial charge in [-0.05, 0) is 114 Å². The summed E-state index contributed by atoms with van der Waals surface area (Å²) in [4.78, 5) is 45.1. The number of carbonyl (C=O) groups excluding carboxylic acids is 3. The molecule has 3 aliphatic carbocycles. The molecule has 0 radical (unpaired) electrons. The molecule has 3 unspecified atom stereocenters. The van der Waals surface area contributed by atoms with E-state index < -0.39 is 11.0 Å². The number of terminal acetylenes is 1. The zero-order valence-corrected chi connectivity index (χ0v) is 34.5. The summed E-state index contributed by atoms with van der Waals surface area (Å²) >= 11 is 1.48. The lowest BCUT2D eigenvalue weighted by atomic mass is 9.78. The van der Waals surface area contributed by atoms with Crippen LogP contribution in [0.3, 0.4) is 0 Å². The van der Waals surface area contributed by atoms with Crippen molar-refractivity contribution in [2.75, 3.05) is 13.6 Å². The zero-order chi connectivity index (χ0) is 39.4. The van der Waals surface area contributed by atoms with E-state index in [1.807, 2.05) is 32.2 Å². The van der Waals surface area contributed by atoms with Crippen molar-refractivity contribution in [3.8, 4) is 28.8 Å². The number of ether oxygens (including phenoxy) is 1. The van der Waals surface area contributed by atoms with Gasteiger partial charge in [0.1, 0.15) is 33.1 Å². The lowest BCUT2D eigenvalue weighted by Gasteiger charge is -2.34. The van der Waals surface area contributed by atoms with Crippen molar-refractivity contribution in [3.63, 3.8) is 0 Å². The first kappa shape index (κ1) is 42.7. The van der Waals surface area contributed by atoms with Gasteiger partial charge in [-0.3, -0.25) is 19.1 Å². The maximum atomic E-state index is 13.4. The number of nitrogens with zero attached hydrogens (tertiary/aromatic N) is 3. The van der Waals surface area contributed by atoms with Crippen molar-refractivity contribution in [3.05, 3.63) is 52.6 Å². The van der Waals surface area contributed by atoms with Gasteiger partial charge in [-0.1, -0.05) is 39.0 Å². The summed E-state index contributed by atoms with van der Waals surface area (Å²) in [6.07, 6.45) is 19.9. The van der Waals surface area contributed by atoms with E-state index >= 15 is 0 Å². The Labute approximate surface area is 327 Å². The highest BCUT2D eigenvalue weighted by Gasteiger charge is 2.44. The van der Waals surface area contributed by atoms with E-state index in [0.717, 1.165) is 97.2 Å². The van der Waals surface area contributed by atoms with Crippen LogP contribution in [0.15, 0.2) is 35.7 Å². The van der Waals surface area contributed by atoms with Gasteiger partial charge in [-0.15, -0.1) is 17.8 Å². The Kier molecular flexibility index (Phi) is 15.8. The van der Waals surface area contributed by atoms with Gasteiger partial charge < -0.3 is 15.0 Å². The smallest absolute Gasteiger partial charge is 0.223 e. The number of nitrogens with one attached hydrogen (secondary N) is 2. The third kappa shape index (κ3) is 11.5. The van der Waals surface area contributed by atoms with Gasteiger partial charge >= 0.3 is 0 Å². The number of fused-ring (bicyclic) bond motifs is 1. The molecule has 10 nitrogen and oxygen atoms in total. The second-order valence-corrected chi connectivity index (χ2v) is 17.3. The van der Waals surface area contributed by atoms with E-state index in [2.05, 4.69) is 66.0 Å². The maximum absolute atomic E-state index is 13.4. The molecule has 12 heteroatoms. The SMILES string of the molecule is C#Cc1csc(-c2cc(O[C@H]3CC[C@@H](C)C(C(=O)NC4C[C@H]4/C=C\CCCCN(C)C=O)C3)c3ccc(C)c(C)c3n2)n1.CC.CC1(S(=O)NC=O)CC1. The van der Waals surface area contributed by atoms with Crippen LogP contribution in [-0.4, -0.2) is 68.3 Å². The van der Waals surface area contributed by atoms with Crippen LogP contribution >= 0.6 is 11.3 Å². The Bertz CT molecular complexity index is 1850. The van der Waals surface area contributed by atoms with Crippen LogP contribution in [0.2, 0.25) is 0 Å². The van der Waals surface area contributed by atoms with Crippen molar-refractivity contribution in [1.82, 2.24) is 24.9 Å². The number of hydrogen-bond donors (Lipinski definition) is 2. The number of amides is 3. The fourth-order valence-corrected chi connectivity index (χ4v) is 8.04. The molecule has 3 fully saturated rings. The molecule has 6 atom stereocenters. The van der Waals surface area contributed by atoms with Gasteiger partial charge in [0.2, 0.25) is 18.7 Å². The highest BCUT2D eigenvalue weighted by molar-refractivity contribution is 7.85. The van der Waals surface area contributed by atoms with E-state index in [0.29, 0.717) is 30.4 Å². The molecule has 2 heterocycles. The highest BCUT2D eigenvalue weighted by atomic mass is 32.2. The van der Waals surface area contributed by atoms with Crippen molar-refractivity contribution in [1.29, 1.82) is 0 Å². The highest BCUT2D eigenvalue weighted by Crippen LogP contribution is 2.40. The molecule has 0 saturated heterocycles. The molecule has 292 valence electrons. The first-order valence-electron chi connectivity index (χ1n) is 19.2. The molecule has 6 rings (SSSR count). The van der Waals surface area contributed by atoms with E-state index in [4.69, 9.17) is 16.1 Å². The Morgan fingerprint density at radius 3 is 2.59 bits per heavy atom. The molecule has 0 aliphatic heterocycles. The van der Waals surface area contributed by atoms with Crippen molar-refractivity contribution in [2.45, 2.75) is 116 Å². The molecule has 0 bridgehead atoms. The minimum Gasteiger partial charge on any atom is -0.490 e. The zero-order valence-electron chi connectivity index (χ0n) is 32.9. The standard InChI is InChI=1S/C35H42N4O3S.C5H9NO2S.C2H6/c1-6-26-20-43-35(36-26)31-19-32(28-15-13-22(2)24(4)33(28)37-31)42-27-14-12-23(3)29(18-27)34(41)38-30-17-25(30)11-9-7-8-10-16-39(5)21-40;1-5(2-3-5)9(8)6-4-7;1-2/h1,9,11,13,15,19-21,23,25,27,29-30H,7-8,10,12,14,16-18H2,2-5H3,(H,38,41);4H,2-3H2,1H3,(H,6,7);1-2H3/b11-9-;;/t23-,25-,27+,29?,30?;;/m1../s1. The van der Waals surface area contributed by atoms with Crippen LogP contribution < -0.4 is 14.8 Å². The predicted molar refractivity (Wildman–Crippen MR) is 219 cm³/mol. The van der Waals surface area contributed by atoms with E-state index in [1.54, 1.807) is 11.9 Å². The Balaban J connectivity index is 0.000000512. The van der Waals surface area contributed by atoms with Crippen LogP contribution in [0, 0.1) is 43.9 Å². The summed E-state index contributed by atoms with van der Waals surface area (Å²) < 4.78 is 19.7. The second kappa shape index (κ2) is 20.0. The molecule has 3 amide bonds. The third-order valence-corrected chi connectivity index (χ3v) is 13.0. The van der Waals surface area contributed by atoms with E-state index in [9.17, 15) is 18.6 Å². The predicted octanol–water partition coefficient (Wildman–Crippen LogP) is 7.43. The number of hydrogen-bond acceptors (Lipinski definition) is 8. The summed E-state index contributed by atoms with van der Waals surface area (Å²) in [6.45, 7) is 13.1. The van der Waals surface area contributed by atoms with Gasteiger partial charge in [-0.25, -0.2) is 14.2 Å². The Morgan fingerprint density at radius 2 is 1.93 bits per heavy atom. The quantitative estimate of drug-likeness (QED) is 0.0711. The average molecular weight is 776 g/mol. The molecule has 2 N–H and O–H groups in total. The molecule has 2 aromatic heterocycles. The third-order valence-electron chi connectivity index (χ3n) is 10.5. The molecular formula is C42H57N5O5S2. The Hall–Kier alpha value is -4.08. The molecular weight excluding hydrogens is 719 g/mol. The van der Waals surface area contributed by atoms with Crippen LogP contribution in [0.4, 0.5) is 0 Å². The maximum Gasteiger partial charge on any atom is 0.223 e. The van der Waals surface area contributed by atoms with Crippen LogP contribution in [0.5, 0.6) is 5.75 Å². The van der Waals surface area contributed by atoms with Gasteiger partial charge in [0.05, 0.1) is 16.4 Å². The van der Waals surface area contributed by atoms with Crippen molar-refractivity contribution in [2.24, 2.45) is 17.8 Å². The number of pyridine rings is 1. The van der Waals surface area contributed by atoms with Crippen LogP contribution in [-0.2, 0) is 25.4 Å². The van der Waals surface area contributed by atoms with Crippen LogP contribution in [0.1, 0.15) is 102 Å². The first-order chi connectivity index (χ1) is 26.0. The molecule has 3 aliphatic rings. The number of unbranched alkanes of at least 4 members (excludes halogenated alkanes) is 2. The number of aryl methyl sites for hydroxylation is 2.